The molecule has 0 bridgehead atoms. The lowest BCUT2D eigenvalue weighted by atomic mass is 10.1. The molecular weight excluding hydrogens is 365 g/mol. The van der Waals surface area contributed by atoms with E-state index in [2.05, 4.69) is 15.3 Å². The van der Waals surface area contributed by atoms with Gasteiger partial charge in [0.25, 0.3) is 5.91 Å². The highest BCUT2D eigenvalue weighted by Crippen LogP contribution is 2.31. The molecule has 136 valence electrons. The van der Waals surface area contributed by atoms with E-state index in [4.69, 9.17) is 0 Å². The predicted molar refractivity (Wildman–Crippen MR) is 92.3 cm³/mol. The van der Waals surface area contributed by atoms with Crippen LogP contribution in [0.4, 0.5) is 18.2 Å². The van der Waals surface area contributed by atoms with Crippen molar-refractivity contribution in [3.63, 3.8) is 0 Å². The van der Waals surface area contributed by atoms with Crippen LogP contribution in [0, 0.1) is 6.92 Å². The number of amides is 1. The van der Waals surface area contributed by atoms with E-state index < -0.39 is 11.7 Å². The van der Waals surface area contributed by atoms with Gasteiger partial charge in [-0.25, -0.2) is 9.97 Å². The van der Waals surface area contributed by atoms with Gasteiger partial charge in [0.05, 0.1) is 22.6 Å². The van der Waals surface area contributed by atoms with Crippen LogP contribution in [-0.4, -0.2) is 20.4 Å². The van der Waals surface area contributed by atoms with E-state index in [1.54, 1.807) is 30.8 Å². The molecule has 0 saturated carbocycles. The Balaban J connectivity index is 1.75. The van der Waals surface area contributed by atoms with Gasteiger partial charge in [-0.1, -0.05) is 18.2 Å². The second-order valence-electron chi connectivity index (χ2n) is 5.78. The minimum absolute atomic E-state index is 0.259. The van der Waals surface area contributed by atoms with Crippen LogP contribution in [0.5, 0.6) is 0 Å². The molecule has 2 heterocycles. The van der Waals surface area contributed by atoms with Gasteiger partial charge in [-0.15, -0.1) is 11.3 Å². The molecule has 0 unspecified atom stereocenters. The quantitative estimate of drug-likeness (QED) is 0.743. The Labute approximate surface area is 151 Å². The number of carbonyl (C=O) groups is 1. The first-order chi connectivity index (χ1) is 12.2. The van der Waals surface area contributed by atoms with Gasteiger partial charge in [0, 0.05) is 19.7 Å². The smallest absolute Gasteiger partial charge is 0.340 e. The molecule has 0 spiro atoms. The second-order valence-corrected chi connectivity index (χ2v) is 6.86. The molecule has 0 radical (unpaired) electrons. The van der Waals surface area contributed by atoms with Crippen molar-refractivity contribution in [3.8, 4) is 0 Å². The van der Waals surface area contributed by atoms with Crippen molar-refractivity contribution in [2.75, 3.05) is 5.32 Å². The lowest BCUT2D eigenvalue weighted by Gasteiger charge is -2.07. The van der Waals surface area contributed by atoms with Gasteiger partial charge in [0.15, 0.2) is 0 Å². The Kier molecular flexibility index (Phi) is 4.82. The van der Waals surface area contributed by atoms with E-state index >= 15 is 0 Å². The summed E-state index contributed by atoms with van der Waals surface area (Å²) < 4.78 is 40.1. The maximum absolute atomic E-state index is 12.8. The Morgan fingerprint density at radius 1 is 1.35 bits per heavy atom. The molecule has 26 heavy (non-hydrogen) atoms. The summed E-state index contributed by atoms with van der Waals surface area (Å²) in [6, 6.07) is 5.15. The van der Waals surface area contributed by atoms with Crippen molar-refractivity contribution in [2.45, 2.75) is 19.5 Å². The summed E-state index contributed by atoms with van der Waals surface area (Å²) in [5.41, 5.74) is 0.712. The molecule has 1 N–H and O–H groups in total. The van der Waals surface area contributed by atoms with Gasteiger partial charge >= 0.3 is 6.18 Å². The molecule has 3 aromatic rings. The van der Waals surface area contributed by atoms with E-state index in [1.807, 2.05) is 0 Å². The van der Waals surface area contributed by atoms with Crippen LogP contribution in [0.15, 0.2) is 36.8 Å². The number of alkyl halides is 3. The second kappa shape index (κ2) is 6.91. The molecule has 0 aliphatic rings. The summed E-state index contributed by atoms with van der Waals surface area (Å²) >= 11 is 1.24. The summed E-state index contributed by atoms with van der Waals surface area (Å²) in [6.45, 7) is 1.74. The molecule has 0 saturated heterocycles. The number of benzene rings is 1. The topological polar surface area (TPSA) is 59.8 Å². The molecule has 2 aromatic heterocycles. The molecule has 0 fully saturated rings. The highest BCUT2D eigenvalue weighted by Gasteiger charge is 2.30. The number of anilines is 1. The summed E-state index contributed by atoms with van der Waals surface area (Å²) in [4.78, 5) is 20.5. The van der Waals surface area contributed by atoms with E-state index in [0.29, 0.717) is 21.3 Å². The van der Waals surface area contributed by atoms with Gasteiger partial charge in [0.2, 0.25) is 0 Å². The number of nitrogens with one attached hydrogen (secondary N) is 1. The Hall–Kier alpha value is -2.68. The van der Waals surface area contributed by atoms with E-state index in [1.165, 1.54) is 23.7 Å². The zero-order chi connectivity index (χ0) is 18.9. The average Bonchev–Trinajstić information content (AvgIpc) is 3.13. The third-order valence-electron chi connectivity index (χ3n) is 3.62. The molecule has 5 nitrogen and oxygen atoms in total. The monoisotopic (exact) mass is 380 g/mol. The van der Waals surface area contributed by atoms with Crippen LogP contribution in [0.1, 0.15) is 32.3 Å². The Morgan fingerprint density at radius 3 is 2.77 bits per heavy atom. The van der Waals surface area contributed by atoms with Crippen LogP contribution in [0.3, 0.4) is 0 Å². The minimum Gasteiger partial charge on any atom is -0.340 e. The number of nitrogens with zero attached hydrogens (tertiary/aromatic N) is 3. The highest BCUT2D eigenvalue weighted by atomic mass is 32.1. The number of aryl methyl sites for hydroxylation is 2. The lowest BCUT2D eigenvalue weighted by molar-refractivity contribution is -0.137. The number of halogens is 3. The van der Waals surface area contributed by atoms with Crippen LogP contribution in [0.2, 0.25) is 0 Å². The fourth-order valence-corrected chi connectivity index (χ4v) is 3.37. The standard InChI is InChI=1S/C17H15F3N4OS/c1-10-16(23-15(25)13-8-24(2)9-21-13)26-14(22-10)7-11-4-3-5-12(6-11)17(18,19)20/h3-6,8-9H,7H2,1-2H3,(H,23,25). The summed E-state index contributed by atoms with van der Waals surface area (Å²) in [5, 5.41) is 3.92. The fourth-order valence-electron chi connectivity index (χ4n) is 2.37. The largest absolute Gasteiger partial charge is 0.416 e. The molecule has 1 amide bonds. The number of rotatable bonds is 4. The van der Waals surface area contributed by atoms with Crippen molar-refractivity contribution in [3.05, 3.63) is 64.3 Å². The third-order valence-corrected chi connectivity index (χ3v) is 4.69. The average molecular weight is 380 g/mol. The normalized spacial score (nSPS) is 11.6. The zero-order valence-corrected chi connectivity index (χ0v) is 14.8. The maximum Gasteiger partial charge on any atom is 0.416 e. The number of carbonyl (C=O) groups excluding carboxylic acids is 1. The van der Waals surface area contributed by atoms with E-state index in [0.717, 1.165) is 12.1 Å². The summed E-state index contributed by atoms with van der Waals surface area (Å²) in [5.74, 6) is -0.358. The maximum atomic E-state index is 12.8. The van der Waals surface area contributed by atoms with Gasteiger partial charge in [-0.2, -0.15) is 13.2 Å². The van der Waals surface area contributed by atoms with E-state index in [-0.39, 0.29) is 18.0 Å². The van der Waals surface area contributed by atoms with Crippen LogP contribution in [-0.2, 0) is 19.6 Å². The molecule has 0 atom stereocenters. The van der Waals surface area contributed by atoms with Crippen LogP contribution in [0.25, 0.3) is 0 Å². The van der Waals surface area contributed by atoms with Crippen LogP contribution < -0.4 is 5.32 Å². The van der Waals surface area contributed by atoms with Crippen molar-refractivity contribution in [1.29, 1.82) is 0 Å². The number of imidazole rings is 1. The first-order valence-corrected chi connectivity index (χ1v) is 8.46. The Morgan fingerprint density at radius 2 is 2.12 bits per heavy atom. The molecule has 0 aliphatic carbocycles. The number of hydrogen-bond donors (Lipinski definition) is 1. The van der Waals surface area contributed by atoms with Gasteiger partial charge in [-0.05, 0) is 18.6 Å². The van der Waals surface area contributed by atoms with Gasteiger partial charge in [-0.3, -0.25) is 4.79 Å². The fraction of sp³-hybridized carbons (Fsp3) is 0.235. The first kappa shape index (κ1) is 18.1. The van der Waals surface area contributed by atoms with Crippen molar-refractivity contribution in [2.24, 2.45) is 7.05 Å². The van der Waals surface area contributed by atoms with Gasteiger partial charge in [0.1, 0.15) is 10.7 Å². The lowest BCUT2D eigenvalue weighted by Crippen LogP contribution is -2.12. The highest BCUT2D eigenvalue weighted by molar-refractivity contribution is 7.16. The molecular formula is C17H15F3N4OS. The first-order valence-electron chi connectivity index (χ1n) is 7.64. The SMILES string of the molecule is Cc1nc(Cc2cccc(C(F)(F)F)c2)sc1NC(=O)c1cn(C)cn1. The van der Waals surface area contributed by atoms with Crippen molar-refractivity contribution in [1.82, 2.24) is 14.5 Å². The Bertz CT molecular complexity index is 946. The molecule has 9 heteroatoms. The predicted octanol–water partition coefficient (Wildman–Crippen LogP) is 4.05. The number of hydrogen-bond acceptors (Lipinski definition) is 4. The molecule has 3 rings (SSSR count). The van der Waals surface area contributed by atoms with Crippen molar-refractivity contribution >= 4 is 22.2 Å². The number of aromatic nitrogens is 3. The third kappa shape index (κ3) is 4.10. The molecule has 1 aromatic carbocycles. The van der Waals surface area contributed by atoms with Gasteiger partial charge < -0.3 is 9.88 Å². The van der Waals surface area contributed by atoms with Crippen LogP contribution >= 0.6 is 11.3 Å². The number of thiazole rings is 1. The minimum atomic E-state index is -4.38. The zero-order valence-electron chi connectivity index (χ0n) is 14.0. The summed E-state index contributed by atoms with van der Waals surface area (Å²) in [7, 11) is 1.76. The summed E-state index contributed by atoms with van der Waals surface area (Å²) in [6.07, 6.45) is -1.01. The molecule has 0 aliphatic heterocycles. The van der Waals surface area contributed by atoms with Crippen molar-refractivity contribution < 1.29 is 18.0 Å². The van der Waals surface area contributed by atoms with E-state index in [9.17, 15) is 18.0 Å².